The third kappa shape index (κ3) is 3.54. The van der Waals surface area contributed by atoms with Crippen molar-refractivity contribution in [1.29, 1.82) is 0 Å². The smallest absolute Gasteiger partial charge is 0.227 e. The monoisotopic (exact) mass is 417 g/mol. The molecular formula is C21H24ClN3O2S. The number of nitrogens with zero attached hydrogens (tertiary/aromatic N) is 2. The summed E-state index contributed by atoms with van der Waals surface area (Å²) in [6, 6.07) is 4.14. The van der Waals surface area contributed by atoms with Crippen LogP contribution < -0.4 is 9.62 Å². The Morgan fingerprint density at radius 3 is 2.93 bits per heavy atom. The average molecular weight is 418 g/mol. The number of carbonyl (C=O) groups is 1. The number of aryl methyl sites for hydroxylation is 1. The van der Waals surface area contributed by atoms with Crippen LogP contribution in [0.15, 0.2) is 24.5 Å². The van der Waals surface area contributed by atoms with Crippen molar-refractivity contribution >= 4 is 34.6 Å². The standard InChI is InChI=1S/C21H24ClN3O2S/c1-3-28(27)24-19-6-4-5-15-16(11-23-12-17(15)19)14-9-13-7-8-20(26)25(2)21(13)18(22)10-14/h9-12,19,24H,3-8H2,1-2H3. The summed E-state index contributed by atoms with van der Waals surface area (Å²) in [6.07, 6.45) is 7.97. The molecule has 0 fully saturated rings. The normalized spacial score (nSPS) is 19.9. The molecule has 2 aromatic rings. The van der Waals surface area contributed by atoms with Crippen LogP contribution in [-0.2, 0) is 29.0 Å². The van der Waals surface area contributed by atoms with E-state index >= 15 is 0 Å². The molecule has 1 aromatic carbocycles. The summed E-state index contributed by atoms with van der Waals surface area (Å²) >= 11 is 5.56. The zero-order valence-corrected chi connectivity index (χ0v) is 17.7. The molecule has 2 aliphatic rings. The van der Waals surface area contributed by atoms with Gasteiger partial charge in [-0.05, 0) is 67.0 Å². The second-order valence-corrected chi connectivity index (χ2v) is 9.28. The van der Waals surface area contributed by atoms with Gasteiger partial charge in [0, 0.05) is 42.8 Å². The summed E-state index contributed by atoms with van der Waals surface area (Å²) in [5.41, 5.74) is 6.41. The lowest BCUT2D eigenvalue weighted by molar-refractivity contribution is -0.118. The van der Waals surface area contributed by atoms with E-state index in [2.05, 4.69) is 15.8 Å². The topological polar surface area (TPSA) is 68.3 Å². The van der Waals surface area contributed by atoms with Crippen molar-refractivity contribution < 1.29 is 9.35 Å². The lowest BCUT2D eigenvalue weighted by atomic mass is 9.84. The molecule has 2 atom stereocenters. The number of pyridine rings is 1. The molecule has 7 heteroatoms. The number of hydrogen-bond acceptors (Lipinski definition) is 4. The highest BCUT2D eigenvalue weighted by atomic mass is 35.5. The van der Waals surface area contributed by atoms with E-state index in [4.69, 9.17) is 11.6 Å². The largest absolute Gasteiger partial charge is 0.598 e. The lowest BCUT2D eigenvalue weighted by Gasteiger charge is -2.29. The highest BCUT2D eigenvalue weighted by molar-refractivity contribution is 7.89. The molecule has 0 saturated heterocycles. The molecule has 0 radical (unpaired) electrons. The van der Waals surface area contributed by atoms with E-state index in [1.165, 1.54) is 5.56 Å². The minimum atomic E-state index is -1.03. The van der Waals surface area contributed by atoms with Gasteiger partial charge in [0.15, 0.2) is 0 Å². The summed E-state index contributed by atoms with van der Waals surface area (Å²) in [4.78, 5) is 18.2. The van der Waals surface area contributed by atoms with E-state index in [0.29, 0.717) is 23.6 Å². The van der Waals surface area contributed by atoms with E-state index in [-0.39, 0.29) is 11.9 Å². The number of benzene rings is 1. The predicted octanol–water partition coefficient (Wildman–Crippen LogP) is 3.96. The third-order valence-corrected chi connectivity index (χ3v) is 7.05. The summed E-state index contributed by atoms with van der Waals surface area (Å²) in [7, 11) is 1.78. The Bertz CT molecular complexity index is 921. The van der Waals surface area contributed by atoms with Gasteiger partial charge in [0.1, 0.15) is 5.75 Å². The van der Waals surface area contributed by atoms with Crippen molar-refractivity contribution in [2.24, 2.45) is 0 Å². The fourth-order valence-electron chi connectivity index (χ4n) is 4.25. The zero-order valence-electron chi connectivity index (χ0n) is 16.1. The van der Waals surface area contributed by atoms with Gasteiger partial charge in [-0.15, -0.1) is 4.72 Å². The van der Waals surface area contributed by atoms with Crippen LogP contribution in [0.3, 0.4) is 0 Å². The quantitative estimate of drug-likeness (QED) is 0.764. The number of amides is 1. The van der Waals surface area contributed by atoms with Crippen LogP contribution in [-0.4, -0.2) is 28.2 Å². The van der Waals surface area contributed by atoms with Gasteiger partial charge in [-0.25, -0.2) is 0 Å². The molecule has 0 spiro atoms. The first-order chi connectivity index (χ1) is 13.5. The first-order valence-electron chi connectivity index (χ1n) is 9.70. The summed E-state index contributed by atoms with van der Waals surface area (Å²) in [6.45, 7) is 1.92. The maximum absolute atomic E-state index is 12.0. The van der Waals surface area contributed by atoms with E-state index in [1.54, 1.807) is 11.9 Å². The predicted molar refractivity (Wildman–Crippen MR) is 114 cm³/mol. The Morgan fingerprint density at radius 2 is 2.14 bits per heavy atom. The SMILES string of the molecule is CC[S+]([O-])NC1CCCc2c(-c3cc(Cl)c4c(c3)CCC(=O)N4C)cncc21. The number of fused-ring (bicyclic) bond motifs is 2. The van der Waals surface area contributed by atoms with Crippen LogP contribution in [0.25, 0.3) is 11.1 Å². The van der Waals surface area contributed by atoms with E-state index in [9.17, 15) is 9.35 Å². The van der Waals surface area contributed by atoms with Gasteiger partial charge in [-0.3, -0.25) is 9.78 Å². The Hall–Kier alpha value is -1.60. The second-order valence-electron chi connectivity index (χ2n) is 7.37. The molecular weight excluding hydrogens is 394 g/mol. The zero-order chi connectivity index (χ0) is 19.8. The highest BCUT2D eigenvalue weighted by Gasteiger charge is 2.28. The van der Waals surface area contributed by atoms with Gasteiger partial charge in [-0.1, -0.05) is 11.6 Å². The molecule has 1 N–H and O–H groups in total. The van der Waals surface area contributed by atoms with Crippen LogP contribution in [0, 0.1) is 0 Å². The molecule has 1 aromatic heterocycles. The molecule has 2 unspecified atom stereocenters. The van der Waals surface area contributed by atoms with Crippen LogP contribution in [0.4, 0.5) is 5.69 Å². The van der Waals surface area contributed by atoms with Crippen molar-refractivity contribution in [3.05, 3.63) is 46.2 Å². The Morgan fingerprint density at radius 1 is 1.32 bits per heavy atom. The van der Waals surface area contributed by atoms with Crippen LogP contribution in [0.2, 0.25) is 5.02 Å². The number of nitrogens with one attached hydrogen (secondary N) is 1. The molecule has 4 rings (SSSR count). The van der Waals surface area contributed by atoms with Gasteiger partial charge in [0.2, 0.25) is 5.91 Å². The van der Waals surface area contributed by atoms with E-state index < -0.39 is 11.4 Å². The van der Waals surface area contributed by atoms with Gasteiger partial charge < -0.3 is 9.45 Å². The molecule has 1 amide bonds. The molecule has 1 aliphatic heterocycles. The van der Waals surface area contributed by atoms with Crippen molar-refractivity contribution in [2.45, 2.75) is 45.1 Å². The van der Waals surface area contributed by atoms with E-state index in [0.717, 1.165) is 47.2 Å². The van der Waals surface area contributed by atoms with Crippen molar-refractivity contribution in [3.63, 3.8) is 0 Å². The van der Waals surface area contributed by atoms with Crippen LogP contribution in [0.5, 0.6) is 0 Å². The number of carbonyl (C=O) groups excluding carboxylic acids is 1. The van der Waals surface area contributed by atoms with E-state index in [1.807, 2.05) is 25.4 Å². The summed E-state index contributed by atoms with van der Waals surface area (Å²) in [5, 5.41) is 0.596. The van der Waals surface area contributed by atoms with Crippen molar-refractivity contribution in [1.82, 2.24) is 9.71 Å². The van der Waals surface area contributed by atoms with Gasteiger partial charge in [0.05, 0.1) is 16.8 Å². The molecule has 148 valence electrons. The minimum absolute atomic E-state index is 0.0637. The number of hydrogen-bond donors (Lipinski definition) is 1. The lowest BCUT2D eigenvalue weighted by Crippen LogP contribution is -2.32. The Balaban J connectivity index is 1.76. The maximum Gasteiger partial charge on any atom is 0.227 e. The Kier molecular flexibility index (Phi) is 5.65. The molecule has 0 saturated carbocycles. The summed E-state index contributed by atoms with van der Waals surface area (Å²) < 4.78 is 15.3. The molecule has 1 aliphatic carbocycles. The average Bonchev–Trinajstić information content (AvgIpc) is 2.70. The fraction of sp³-hybridized carbons (Fsp3) is 0.429. The van der Waals surface area contributed by atoms with Crippen LogP contribution in [0.1, 0.15) is 48.9 Å². The highest BCUT2D eigenvalue weighted by Crippen LogP contribution is 2.41. The molecule has 28 heavy (non-hydrogen) atoms. The Labute approximate surface area is 173 Å². The second kappa shape index (κ2) is 8.03. The first kappa shape index (κ1) is 19.7. The van der Waals surface area contributed by atoms with Crippen molar-refractivity contribution in [3.8, 4) is 11.1 Å². The van der Waals surface area contributed by atoms with Gasteiger partial charge in [0.25, 0.3) is 0 Å². The fourth-order valence-corrected chi connectivity index (χ4v) is 5.34. The third-order valence-electron chi connectivity index (χ3n) is 5.69. The number of rotatable bonds is 4. The molecule has 0 bridgehead atoms. The van der Waals surface area contributed by atoms with Gasteiger partial charge in [-0.2, -0.15) is 0 Å². The number of anilines is 1. The van der Waals surface area contributed by atoms with Crippen LogP contribution >= 0.6 is 11.6 Å². The molecule has 5 nitrogen and oxygen atoms in total. The van der Waals surface area contributed by atoms with Crippen molar-refractivity contribution in [2.75, 3.05) is 17.7 Å². The number of halogens is 1. The molecule has 2 heterocycles. The van der Waals surface area contributed by atoms with Gasteiger partial charge >= 0.3 is 0 Å². The minimum Gasteiger partial charge on any atom is -0.598 e. The number of aromatic nitrogens is 1. The first-order valence-corrected chi connectivity index (χ1v) is 11.4. The maximum atomic E-state index is 12.0. The summed E-state index contributed by atoms with van der Waals surface area (Å²) in [5.74, 6) is 0.685.